The number of aliphatic hydroxyl groups excluding tert-OH is 1. The van der Waals surface area contributed by atoms with E-state index >= 15 is 0 Å². The molecule has 0 heterocycles. The summed E-state index contributed by atoms with van der Waals surface area (Å²) in [7, 11) is -3.20. The third-order valence-corrected chi connectivity index (χ3v) is 3.59. The minimum absolute atomic E-state index is 0.0341. The van der Waals surface area contributed by atoms with Crippen molar-refractivity contribution >= 4 is 10.0 Å². The quantitative estimate of drug-likeness (QED) is 0.686. The Labute approximate surface area is 80.4 Å². The van der Waals surface area contributed by atoms with Gasteiger partial charge >= 0.3 is 0 Å². The van der Waals surface area contributed by atoms with Crippen LogP contribution < -0.4 is 4.72 Å². The van der Waals surface area contributed by atoms with Gasteiger partial charge in [-0.2, -0.15) is 0 Å². The van der Waals surface area contributed by atoms with Crippen molar-refractivity contribution in [1.82, 2.24) is 4.72 Å². The summed E-state index contributed by atoms with van der Waals surface area (Å²) in [6.45, 7) is 7.08. The van der Waals surface area contributed by atoms with E-state index in [9.17, 15) is 8.42 Å². The van der Waals surface area contributed by atoms with Gasteiger partial charge in [-0.15, -0.1) is 0 Å². The summed E-state index contributed by atoms with van der Waals surface area (Å²) in [6.07, 6.45) is 0. The lowest BCUT2D eigenvalue weighted by molar-refractivity contribution is 0.163. The molecule has 0 radical (unpaired) electrons. The average Bonchev–Trinajstić information content (AvgIpc) is 2.01. The van der Waals surface area contributed by atoms with Crippen molar-refractivity contribution in [3.63, 3.8) is 0 Å². The van der Waals surface area contributed by atoms with Crippen molar-refractivity contribution in [3.8, 4) is 0 Å². The molecule has 0 aromatic carbocycles. The molecule has 0 spiro atoms. The van der Waals surface area contributed by atoms with Crippen LogP contribution in [0.15, 0.2) is 0 Å². The van der Waals surface area contributed by atoms with Crippen LogP contribution in [0.2, 0.25) is 0 Å². The van der Waals surface area contributed by atoms with Gasteiger partial charge in [0.05, 0.1) is 5.25 Å². The normalized spacial score (nSPS) is 13.7. The SMILES string of the molecule is CC(C)S(=O)(=O)NCC(C)(C)CO. The van der Waals surface area contributed by atoms with Crippen LogP contribution in [0.4, 0.5) is 0 Å². The Morgan fingerprint density at radius 1 is 1.38 bits per heavy atom. The van der Waals surface area contributed by atoms with Gasteiger partial charge in [-0.25, -0.2) is 13.1 Å². The van der Waals surface area contributed by atoms with Gasteiger partial charge < -0.3 is 5.11 Å². The molecule has 0 aliphatic rings. The van der Waals surface area contributed by atoms with Crippen molar-refractivity contribution in [1.29, 1.82) is 0 Å². The Morgan fingerprint density at radius 3 is 2.15 bits per heavy atom. The first-order chi connectivity index (χ1) is 5.71. The monoisotopic (exact) mass is 209 g/mol. The first kappa shape index (κ1) is 12.9. The zero-order valence-corrected chi connectivity index (χ0v) is 9.48. The first-order valence-corrected chi connectivity index (χ1v) is 5.85. The Kier molecular flexibility index (Phi) is 4.35. The number of rotatable bonds is 5. The highest BCUT2D eigenvalue weighted by Gasteiger charge is 2.22. The number of hydrogen-bond acceptors (Lipinski definition) is 3. The van der Waals surface area contributed by atoms with E-state index in [-0.39, 0.29) is 13.2 Å². The highest BCUT2D eigenvalue weighted by molar-refractivity contribution is 7.90. The molecule has 0 atom stereocenters. The molecule has 0 aliphatic carbocycles. The molecule has 4 nitrogen and oxygen atoms in total. The smallest absolute Gasteiger partial charge is 0.213 e. The lowest BCUT2D eigenvalue weighted by Crippen LogP contribution is -2.39. The van der Waals surface area contributed by atoms with Crippen molar-refractivity contribution in [2.45, 2.75) is 32.9 Å². The van der Waals surface area contributed by atoms with E-state index in [2.05, 4.69) is 4.72 Å². The summed E-state index contributed by atoms with van der Waals surface area (Å²) in [6, 6.07) is 0. The average molecular weight is 209 g/mol. The molecule has 13 heavy (non-hydrogen) atoms. The lowest BCUT2D eigenvalue weighted by atomic mass is 9.96. The highest BCUT2D eigenvalue weighted by Crippen LogP contribution is 2.12. The molecule has 5 heteroatoms. The Balaban J connectivity index is 4.19. The molecule has 0 aromatic rings. The topological polar surface area (TPSA) is 66.4 Å². The van der Waals surface area contributed by atoms with Gasteiger partial charge in [-0.05, 0) is 13.8 Å². The number of nitrogens with one attached hydrogen (secondary N) is 1. The number of hydrogen-bond donors (Lipinski definition) is 2. The molecule has 2 N–H and O–H groups in total. The number of sulfonamides is 1. The zero-order chi connectivity index (χ0) is 10.7. The third-order valence-electron chi connectivity index (χ3n) is 1.80. The van der Waals surface area contributed by atoms with E-state index in [4.69, 9.17) is 5.11 Å². The Morgan fingerprint density at radius 2 is 1.85 bits per heavy atom. The third kappa shape index (κ3) is 4.59. The maximum Gasteiger partial charge on any atom is 0.213 e. The summed E-state index contributed by atoms with van der Waals surface area (Å²) in [4.78, 5) is 0. The van der Waals surface area contributed by atoms with Crippen LogP contribution in [0.3, 0.4) is 0 Å². The highest BCUT2D eigenvalue weighted by atomic mass is 32.2. The van der Waals surface area contributed by atoms with Crippen LogP contribution in [-0.4, -0.2) is 31.9 Å². The van der Waals surface area contributed by atoms with E-state index in [0.717, 1.165) is 0 Å². The van der Waals surface area contributed by atoms with E-state index in [1.807, 2.05) is 0 Å². The molecular weight excluding hydrogens is 190 g/mol. The minimum atomic E-state index is -3.20. The van der Waals surface area contributed by atoms with Crippen LogP contribution in [-0.2, 0) is 10.0 Å². The van der Waals surface area contributed by atoms with E-state index in [0.29, 0.717) is 0 Å². The Hall–Kier alpha value is -0.130. The van der Waals surface area contributed by atoms with Gasteiger partial charge in [-0.3, -0.25) is 0 Å². The fourth-order valence-electron chi connectivity index (χ4n) is 0.519. The van der Waals surface area contributed by atoms with Gasteiger partial charge in [0.2, 0.25) is 10.0 Å². The van der Waals surface area contributed by atoms with Gasteiger partial charge in [0, 0.05) is 18.6 Å². The zero-order valence-electron chi connectivity index (χ0n) is 8.66. The second-order valence-corrected chi connectivity index (χ2v) is 6.56. The largest absolute Gasteiger partial charge is 0.396 e. The number of aliphatic hydroxyl groups is 1. The van der Waals surface area contributed by atoms with Crippen molar-refractivity contribution < 1.29 is 13.5 Å². The fourth-order valence-corrected chi connectivity index (χ4v) is 1.44. The van der Waals surface area contributed by atoms with Gasteiger partial charge in [0.15, 0.2) is 0 Å². The van der Waals surface area contributed by atoms with Crippen molar-refractivity contribution in [2.24, 2.45) is 5.41 Å². The fraction of sp³-hybridized carbons (Fsp3) is 1.00. The second-order valence-electron chi connectivity index (χ2n) is 4.24. The van der Waals surface area contributed by atoms with Gasteiger partial charge in [0.1, 0.15) is 0 Å². The maximum atomic E-state index is 11.3. The molecule has 0 unspecified atom stereocenters. The Bertz CT molecular complexity index is 244. The van der Waals surface area contributed by atoms with Crippen LogP contribution >= 0.6 is 0 Å². The maximum absolute atomic E-state index is 11.3. The summed E-state index contributed by atoms with van der Waals surface area (Å²) < 4.78 is 25.1. The van der Waals surface area contributed by atoms with E-state index < -0.39 is 20.7 Å². The van der Waals surface area contributed by atoms with Crippen molar-refractivity contribution in [3.05, 3.63) is 0 Å². The summed E-state index contributed by atoms with van der Waals surface area (Å²) >= 11 is 0. The molecule has 0 fully saturated rings. The molecule has 0 saturated heterocycles. The molecule has 0 bridgehead atoms. The molecule has 0 amide bonds. The molecular formula is C8H19NO3S. The molecule has 0 rings (SSSR count). The summed E-state index contributed by atoms with van der Waals surface area (Å²) in [5, 5.41) is 8.47. The standard InChI is InChI=1S/C8H19NO3S/c1-7(2)13(11,12)9-5-8(3,4)6-10/h7,9-10H,5-6H2,1-4H3. The predicted molar refractivity (Wildman–Crippen MR) is 52.9 cm³/mol. The van der Waals surface area contributed by atoms with Gasteiger partial charge in [0.25, 0.3) is 0 Å². The van der Waals surface area contributed by atoms with Crippen molar-refractivity contribution in [2.75, 3.05) is 13.2 Å². The first-order valence-electron chi connectivity index (χ1n) is 4.30. The molecule has 80 valence electrons. The molecule has 0 aliphatic heterocycles. The van der Waals surface area contributed by atoms with E-state index in [1.165, 1.54) is 0 Å². The molecule has 0 saturated carbocycles. The lowest BCUT2D eigenvalue weighted by Gasteiger charge is -2.22. The minimum Gasteiger partial charge on any atom is -0.396 e. The van der Waals surface area contributed by atoms with E-state index in [1.54, 1.807) is 27.7 Å². The predicted octanol–water partition coefficient (Wildman–Crippen LogP) is 0.333. The van der Waals surface area contributed by atoms with Crippen LogP contribution in [0.25, 0.3) is 0 Å². The van der Waals surface area contributed by atoms with Crippen LogP contribution in [0.5, 0.6) is 0 Å². The van der Waals surface area contributed by atoms with Crippen LogP contribution in [0, 0.1) is 5.41 Å². The van der Waals surface area contributed by atoms with Gasteiger partial charge in [-0.1, -0.05) is 13.8 Å². The second kappa shape index (κ2) is 4.39. The summed E-state index contributed by atoms with van der Waals surface area (Å²) in [5.41, 5.74) is -0.401. The van der Waals surface area contributed by atoms with Crippen LogP contribution in [0.1, 0.15) is 27.7 Å². The molecule has 0 aromatic heterocycles. The summed E-state index contributed by atoms with van der Waals surface area (Å²) in [5.74, 6) is 0.